The molecule has 0 N–H and O–H groups in total. The molecular formula is C17H15FN6O. The number of rotatable bonds is 2. The van der Waals surface area contributed by atoms with E-state index in [1.807, 2.05) is 0 Å². The quantitative estimate of drug-likeness (QED) is 0.560. The standard InChI is InChI=1S/C17H15FN6O/c1-17(6-7-17)12-8-20-21-24(12)14-15-22(2)16(25)13-10(18)4-3-5-11(13)23(15)9-19-14/h3-5,8-9H,6-7H2,1-2H3. The Morgan fingerprint density at radius 2 is 2.08 bits per heavy atom. The summed E-state index contributed by atoms with van der Waals surface area (Å²) in [5.41, 5.74) is 1.65. The Hall–Kier alpha value is -3.03. The molecule has 1 fully saturated rings. The highest BCUT2D eigenvalue weighted by Crippen LogP contribution is 2.47. The first kappa shape index (κ1) is 14.3. The van der Waals surface area contributed by atoms with E-state index in [9.17, 15) is 9.18 Å². The van der Waals surface area contributed by atoms with Gasteiger partial charge in [0.15, 0.2) is 11.5 Å². The number of aromatic nitrogens is 6. The first-order valence-corrected chi connectivity index (χ1v) is 8.07. The van der Waals surface area contributed by atoms with Crippen molar-refractivity contribution >= 4 is 16.6 Å². The smallest absolute Gasteiger partial charge is 0.264 e. The second-order valence-corrected chi connectivity index (χ2v) is 6.85. The molecule has 4 aromatic rings. The highest BCUT2D eigenvalue weighted by molar-refractivity contribution is 5.82. The third-order valence-electron chi connectivity index (χ3n) is 5.18. The summed E-state index contributed by atoms with van der Waals surface area (Å²) in [6.07, 6.45) is 5.47. The van der Waals surface area contributed by atoms with Crippen molar-refractivity contribution in [2.24, 2.45) is 7.05 Å². The molecule has 3 heterocycles. The fraction of sp³-hybridized carbons (Fsp3) is 0.294. The minimum atomic E-state index is -0.540. The molecule has 1 aliphatic rings. The third-order valence-corrected chi connectivity index (χ3v) is 5.18. The van der Waals surface area contributed by atoms with Crippen LogP contribution in [0.15, 0.2) is 35.5 Å². The fourth-order valence-electron chi connectivity index (χ4n) is 3.41. The molecule has 25 heavy (non-hydrogen) atoms. The van der Waals surface area contributed by atoms with E-state index in [0.717, 1.165) is 18.5 Å². The van der Waals surface area contributed by atoms with E-state index in [0.29, 0.717) is 17.0 Å². The van der Waals surface area contributed by atoms with Crippen LogP contribution in [0.5, 0.6) is 0 Å². The Labute approximate surface area is 141 Å². The van der Waals surface area contributed by atoms with Crippen LogP contribution in [0.1, 0.15) is 25.5 Å². The summed E-state index contributed by atoms with van der Waals surface area (Å²) in [4.78, 5) is 17.2. The second-order valence-electron chi connectivity index (χ2n) is 6.85. The molecule has 1 aromatic carbocycles. The summed E-state index contributed by atoms with van der Waals surface area (Å²) in [7, 11) is 1.62. The molecule has 7 nitrogen and oxygen atoms in total. The minimum absolute atomic E-state index is 0.0429. The van der Waals surface area contributed by atoms with Gasteiger partial charge in [-0.25, -0.2) is 9.37 Å². The molecule has 0 atom stereocenters. The van der Waals surface area contributed by atoms with Gasteiger partial charge >= 0.3 is 0 Å². The van der Waals surface area contributed by atoms with Crippen molar-refractivity contribution in [2.75, 3.05) is 0 Å². The molecule has 1 aliphatic carbocycles. The lowest BCUT2D eigenvalue weighted by Gasteiger charge is -2.12. The molecule has 0 amide bonds. The molecule has 0 saturated heterocycles. The largest absolute Gasteiger partial charge is 0.294 e. The Bertz CT molecular complexity index is 1210. The second kappa shape index (κ2) is 4.53. The summed E-state index contributed by atoms with van der Waals surface area (Å²) >= 11 is 0. The Kier molecular flexibility index (Phi) is 2.60. The number of hydrogen-bond acceptors (Lipinski definition) is 4. The van der Waals surface area contributed by atoms with E-state index in [1.54, 1.807) is 40.8 Å². The summed E-state index contributed by atoms with van der Waals surface area (Å²) in [5, 5.41) is 8.27. The van der Waals surface area contributed by atoms with Crippen LogP contribution in [0.2, 0.25) is 0 Å². The molecule has 0 aliphatic heterocycles. The molecule has 5 rings (SSSR count). The predicted molar refractivity (Wildman–Crippen MR) is 89.4 cm³/mol. The summed E-state index contributed by atoms with van der Waals surface area (Å²) < 4.78 is 19.0. The highest BCUT2D eigenvalue weighted by Gasteiger charge is 2.43. The number of halogens is 1. The van der Waals surface area contributed by atoms with Crippen LogP contribution in [-0.2, 0) is 12.5 Å². The van der Waals surface area contributed by atoms with E-state index in [2.05, 4.69) is 22.2 Å². The molecule has 3 aromatic heterocycles. The molecule has 8 heteroatoms. The van der Waals surface area contributed by atoms with Gasteiger partial charge in [0.25, 0.3) is 5.56 Å². The van der Waals surface area contributed by atoms with Crippen LogP contribution < -0.4 is 5.56 Å². The van der Waals surface area contributed by atoms with Gasteiger partial charge in [-0.15, -0.1) is 5.10 Å². The van der Waals surface area contributed by atoms with Gasteiger partial charge in [0, 0.05) is 12.5 Å². The predicted octanol–water partition coefficient (Wildman–Crippen LogP) is 1.96. The number of fused-ring (bicyclic) bond motifs is 3. The number of nitrogens with zero attached hydrogens (tertiary/aromatic N) is 6. The van der Waals surface area contributed by atoms with E-state index in [1.165, 1.54) is 10.6 Å². The van der Waals surface area contributed by atoms with Crippen molar-refractivity contribution in [3.05, 3.63) is 52.6 Å². The zero-order valence-corrected chi connectivity index (χ0v) is 13.8. The highest BCUT2D eigenvalue weighted by atomic mass is 19.1. The normalized spacial score (nSPS) is 16.0. The van der Waals surface area contributed by atoms with E-state index in [4.69, 9.17) is 0 Å². The van der Waals surface area contributed by atoms with Crippen LogP contribution in [0.3, 0.4) is 0 Å². The molecule has 0 unspecified atom stereocenters. The Balaban J connectivity index is 1.90. The van der Waals surface area contributed by atoms with Crippen molar-refractivity contribution < 1.29 is 4.39 Å². The number of imidazole rings is 1. The summed E-state index contributed by atoms with van der Waals surface area (Å²) in [6.45, 7) is 2.16. The van der Waals surface area contributed by atoms with Gasteiger partial charge in [-0.1, -0.05) is 18.2 Å². The Morgan fingerprint density at radius 3 is 2.84 bits per heavy atom. The maximum atomic E-state index is 14.2. The van der Waals surface area contributed by atoms with Crippen molar-refractivity contribution in [2.45, 2.75) is 25.2 Å². The van der Waals surface area contributed by atoms with E-state index < -0.39 is 11.4 Å². The van der Waals surface area contributed by atoms with Crippen LogP contribution in [-0.4, -0.2) is 28.9 Å². The lowest BCUT2D eigenvalue weighted by atomic mass is 10.1. The zero-order chi connectivity index (χ0) is 17.3. The van der Waals surface area contributed by atoms with Crippen LogP contribution in [0.25, 0.3) is 22.4 Å². The molecule has 0 bridgehead atoms. The topological polar surface area (TPSA) is 70.0 Å². The lowest BCUT2D eigenvalue weighted by molar-refractivity contribution is 0.636. The zero-order valence-electron chi connectivity index (χ0n) is 13.8. The summed E-state index contributed by atoms with van der Waals surface area (Å²) in [6, 6.07) is 4.59. The SMILES string of the molecule is Cn1c(=O)c2c(F)cccc2n2cnc(-n3nncc3C3(C)CC3)c12. The van der Waals surface area contributed by atoms with Gasteiger partial charge in [-0.05, 0) is 25.0 Å². The maximum Gasteiger partial charge on any atom is 0.264 e. The molecule has 1 saturated carbocycles. The Morgan fingerprint density at radius 1 is 1.28 bits per heavy atom. The molecule has 0 spiro atoms. The van der Waals surface area contributed by atoms with Crippen molar-refractivity contribution in [3.8, 4) is 5.82 Å². The summed E-state index contributed by atoms with van der Waals surface area (Å²) in [5.74, 6) is -0.0198. The molecular weight excluding hydrogens is 323 g/mol. The fourth-order valence-corrected chi connectivity index (χ4v) is 3.41. The average Bonchev–Trinajstić information content (AvgIpc) is 3.04. The van der Waals surface area contributed by atoms with E-state index in [-0.39, 0.29) is 10.8 Å². The van der Waals surface area contributed by atoms with Crippen molar-refractivity contribution in [1.29, 1.82) is 0 Å². The minimum Gasteiger partial charge on any atom is -0.294 e. The third kappa shape index (κ3) is 1.79. The van der Waals surface area contributed by atoms with Gasteiger partial charge < -0.3 is 0 Å². The van der Waals surface area contributed by atoms with Crippen molar-refractivity contribution in [3.63, 3.8) is 0 Å². The van der Waals surface area contributed by atoms with Gasteiger partial charge in [0.2, 0.25) is 0 Å². The maximum absolute atomic E-state index is 14.2. The lowest BCUT2D eigenvalue weighted by Crippen LogP contribution is -2.22. The number of benzene rings is 1. The molecule has 0 radical (unpaired) electrons. The van der Waals surface area contributed by atoms with Gasteiger partial charge in [-0.3, -0.25) is 13.8 Å². The van der Waals surface area contributed by atoms with Gasteiger partial charge in [-0.2, -0.15) is 4.68 Å². The van der Waals surface area contributed by atoms with Crippen LogP contribution in [0.4, 0.5) is 4.39 Å². The van der Waals surface area contributed by atoms with E-state index >= 15 is 0 Å². The van der Waals surface area contributed by atoms with Gasteiger partial charge in [0.1, 0.15) is 12.1 Å². The first-order chi connectivity index (χ1) is 12.0. The monoisotopic (exact) mass is 338 g/mol. The van der Waals surface area contributed by atoms with Gasteiger partial charge in [0.05, 0.1) is 22.8 Å². The average molecular weight is 338 g/mol. The van der Waals surface area contributed by atoms with Crippen LogP contribution >= 0.6 is 0 Å². The van der Waals surface area contributed by atoms with Crippen LogP contribution in [0, 0.1) is 5.82 Å². The van der Waals surface area contributed by atoms with Crippen molar-refractivity contribution in [1.82, 2.24) is 28.9 Å². The molecule has 126 valence electrons. The first-order valence-electron chi connectivity index (χ1n) is 8.07. The number of aryl methyl sites for hydroxylation is 1. The number of hydrogen-bond donors (Lipinski definition) is 0.